The van der Waals surface area contributed by atoms with Gasteiger partial charge in [0.2, 0.25) is 0 Å². The van der Waals surface area contributed by atoms with Crippen molar-refractivity contribution in [3.8, 4) is 0 Å². The van der Waals surface area contributed by atoms with Crippen LogP contribution in [-0.4, -0.2) is 24.1 Å². The van der Waals surface area contributed by atoms with Gasteiger partial charge in [-0.2, -0.15) is 0 Å². The van der Waals surface area contributed by atoms with E-state index in [-0.39, 0.29) is 12.2 Å². The van der Waals surface area contributed by atoms with Crippen LogP contribution in [0.15, 0.2) is 18.2 Å². The molecule has 122 valence electrons. The Morgan fingerprint density at radius 1 is 1.23 bits per heavy atom. The zero-order chi connectivity index (χ0) is 16.9. The summed E-state index contributed by atoms with van der Waals surface area (Å²) in [4.78, 5) is 24.3. The lowest BCUT2D eigenvalue weighted by molar-refractivity contribution is -0.145. The second kappa shape index (κ2) is 7.38. The number of carbonyl (C=O) groups is 2. The number of rotatable bonds is 5. The van der Waals surface area contributed by atoms with Crippen LogP contribution in [0.3, 0.4) is 0 Å². The van der Waals surface area contributed by atoms with Crippen molar-refractivity contribution in [2.75, 3.05) is 6.61 Å². The highest BCUT2D eigenvalue weighted by atomic mass is 19.1. The van der Waals surface area contributed by atoms with Gasteiger partial charge in [-0.05, 0) is 51.8 Å². The molecule has 0 aromatic heterocycles. The highest BCUT2D eigenvalue weighted by Crippen LogP contribution is 2.27. The molecule has 4 nitrogen and oxygen atoms in total. The summed E-state index contributed by atoms with van der Waals surface area (Å²) in [5.41, 5.74) is -0.210. The zero-order valence-corrected chi connectivity index (χ0v) is 13.7. The molecule has 0 amide bonds. The molecule has 1 rings (SSSR count). The predicted molar refractivity (Wildman–Crippen MR) is 81.2 cm³/mol. The fraction of sp³-hybridized carbons (Fsp3) is 0.529. The topological polar surface area (TPSA) is 52.6 Å². The molecule has 0 bridgehead atoms. The number of carbonyl (C=O) groups excluding carboxylic acids is 2. The summed E-state index contributed by atoms with van der Waals surface area (Å²) in [5, 5.41) is 0. The van der Waals surface area contributed by atoms with E-state index >= 15 is 0 Å². The van der Waals surface area contributed by atoms with Gasteiger partial charge in [-0.15, -0.1) is 0 Å². The first kappa shape index (κ1) is 18.1. The number of hydrogen-bond acceptors (Lipinski definition) is 4. The van der Waals surface area contributed by atoms with Crippen LogP contribution in [0.5, 0.6) is 0 Å². The van der Waals surface area contributed by atoms with E-state index in [1.807, 2.05) is 6.92 Å². The Bertz CT molecular complexity index is 546. The van der Waals surface area contributed by atoms with Crippen LogP contribution in [0.25, 0.3) is 0 Å². The van der Waals surface area contributed by atoms with E-state index in [0.717, 1.165) is 6.07 Å². The van der Waals surface area contributed by atoms with E-state index in [4.69, 9.17) is 9.47 Å². The molecule has 1 aromatic rings. The first-order valence-electron chi connectivity index (χ1n) is 7.39. The minimum atomic E-state index is -0.702. The molecule has 0 fully saturated rings. The molecule has 1 atom stereocenters. The first-order valence-corrected chi connectivity index (χ1v) is 7.39. The van der Waals surface area contributed by atoms with Crippen molar-refractivity contribution in [1.29, 1.82) is 0 Å². The van der Waals surface area contributed by atoms with Gasteiger partial charge in [-0.3, -0.25) is 4.79 Å². The van der Waals surface area contributed by atoms with Gasteiger partial charge in [0.05, 0.1) is 18.1 Å². The van der Waals surface area contributed by atoms with Crippen molar-refractivity contribution < 1.29 is 23.5 Å². The third-order valence-corrected chi connectivity index (χ3v) is 2.99. The zero-order valence-electron chi connectivity index (χ0n) is 13.7. The van der Waals surface area contributed by atoms with Gasteiger partial charge in [0, 0.05) is 0 Å². The van der Waals surface area contributed by atoms with Crippen molar-refractivity contribution in [1.82, 2.24) is 0 Å². The lowest BCUT2D eigenvalue weighted by Gasteiger charge is -2.22. The average molecular weight is 310 g/mol. The van der Waals surface area contributed by atoms with E-state index in [1.165, 1.54) is 12.1 Å². The molecule has 0 aliphatic heterocycles. The SMILES string of the molecule is CCOC(=O)C(CC)c1ccc(F)cc1C(=O)OC(C)(C)C. The number of halogens is 1. The Kier molecular flexibility index (Phi) is 6.09. The summed E-state index contributed by atoms with van der Waals surface area (Å²) in [6.45, 7) is 8.96. The predicted octanol–water partition coefficient (Wildman–Crippen LogP) is 3.84. The first-order chi connectivity index (χ1) is 10.2. The summed E-state index contributed by atoms with van der Waals surface area (Å²) < 4.78 is 23.9. The lowest BCUT2D eigenvalue weighted by Crippen LogP contribution is -2.26. The molecule has 0 heterocycles. The van der Waals surface area contributed by atoms with Crippen LogP contribution in [0.1, 0.15) is 62.9 Å². The summed E-state index contributed by atoms with van der Waals surface area (Å²) in [5.74, 6) is -2.25. The van der Waals surface area contributed by atoms with Gasteiger partial charge in [0.1, 0.15) is 11.4 Å². The molecule has 5 heteroatoms. The number of esters is 2. The fourth-order valence-electron chi connectivity index (χ4n) is 2.10. The van der Waals surface area contributed by atoms with E-state index in [0.29, 0.717) is 12.0 Å². The van der Waals surface area contributed by atoms with Crippen LogP contribution < -0.4 is 0 Å². The Morgan fingerprint density at radius 2 is 1.86 bits per heavy atom. The molecule has 0 N–H and O–H groups in total. The van der Waals surface area contributed by atoms with Gasteiger partial charge >= 0.3 is 11.9 Å². The minimum absolute atomic E-state index is 0.0647. The lowest BCUT2D eigenvalue weighted by atomic mass is 9.92. The van der Waals surface area contributed by atoms with Crippen molar-refractivity contribution in [3.05, 3.63) is 35.1 Å². The smallest absolute Gasteiger partial charge is 0.339 e. The van der Waals surface area contributed by atoms with Gasteiger partial charge in [-0.1, -0.05) is 13.0 Å². The Morgan fingerprint density at radius 3 is 2.36 bits per heavy atom. The van der Waals surface area contributed by atoms with Gasteiger partial charge in [0.25, 0.3) is 0 Å². The molecule has 0 aliphatic carbocycles. The van der Waals surface area contributed by atoms with Crippen molar-refractivity contribution in [3.63, 3.8) is 0 Å². The molecule has 0 saturated carbocycles. The van der Waals surface area contributed by atoms with Crippen molar-refractivity contribution >= 4 is 11.9 Å². The molecule has 0 aliphatic rings. The van der Waals surface area contributed by atoms with Crippen LogP contribution in [0.2, 0.25) is 0 Å². The van der Waals surface area contributed by atoms with E-state index in [2.05, 4.69) is 0 Å². The highest BCUT2D eigenvalue weighted by molar-refractivity contribution is 5.94. The second-order valence-electron chi connectivity index (χ2n) is 5.95. The molecule has 0 radical (unpaired) electrons. The Labute approximate surface area is 130 Å². The number of benzene rings is 1. The summed E-state index contributed by atoms with van der Waals surface area (Å²) in [7, 11) is 0. The van der Waals surface area contributed by atoms with E-state index < -0.39 is 29.3 Å². The number of ether oxygens (including phenoxy) is 2. The average Bonchev–Trinajstić information content (AvgIpc) is 2.39. The van der Waals surface area contributed by atoms with Crippen LogP contribution in [0, 0.1) is 5.82 Å². The third kappa shape index (κ3) is 4.83. The Hall–Kier alpha value is -1.91. The van der Waals surface area contributed by atoms with Gasteiger partial charge < -0.3 is 9.47 Å². The highest BCUT2D eigenvalue weighted by Gasteiger charge is 2.28. The molecule has 1 aromatic carbocycles. The minimum Gasteiger partial charge on any atom is -0.466 e. The molecular weight excluding hydrogens is 287 g/mol. The van der Waals surface area contributed by atoms with Crippen molar-refractivity contribution in [2.24, 2.45) is 0 Å². The van der Waals surface area contributed by atoms with Crippen LogP contribution in [-0.2, 0) is 14.3 Å². The largest absolute Gasteiger partial charge is 0.466 e. The maximum Gasteiger partial charge on any atom is 0.339 e. The monoisotopic (exact) mass is 310 g/mol. The maximum atomic E-state index is 13.5. The van der Waals surface area contributed by atoms with Gasteiger partial charge in [-0.25, -0.2) is 9.18 Å². The van der Waals surface area contributed by atoms with Crippen LogP contribution >= 0.6 is 0 Å². The number of hydrogen-bond donors (Lipinski definition) is 0. The third-order valence-electron chi connectivity index (χ3n) is 2.99. The Balaban J connectivity index is 3.24. The van der Waals surface area contributed by atoms with Gasteiger partial charge in [0.15, 0.2) is 0 Å². The van der Waals surface area contributed by atoms with Crippen LogP contribution in [0.4, 0.5) is 4.39 Å². The molecular formula is C17H23FO4. The normalized spacial score (nSPS) is 12.6. The van der Waals surface area contributed by atoms with E-state index in [1.54, 1.807) is 27.7 Å². The second-order valence-corrected chi connectivity index (χ2v) is 5.95. The fourth-order valence-corrected chi connectivity index (χ4v) is 2.10. The molecule has 22 heavy (non-hydrogen) atoms. The van der Waals surface area contributed by atoms with E-state index in [9.17, 15) is 14.0 Å². The molecule has 1 unspecified atom stereocenters. The molecule has 0 spiro atoms. The van der Waals surface area contributed by atoms with Crippen molar-refractivity contribution in [2.45, 2.75) is 52.6 Å². The molecule has 0 saturated heterocycles. The quantitative estimate of drug-likeness (QED) is 0.775. The summed E-state index contributed by atoms with van der Waals surface area (Å²) in [6.07, 6.45) is 0.445. The maximum absolute atomic E-state index is 13.5. The summed E-state index contributed by atoms with van der Waals surface area (Å²) in [6, 6.07) is 3.77. The summed E-state index contributed by atoms with van der Waals surface area (Å²) >= 11 is 0. The standard InChI is InChI=1S/C17H23FO4/c1-6-12(15(19)21-7-2)13-9-8-11(18)10-14(13)16(20)22-17(3,4)5/h8-10,12H,6-7H2,1-5H3.